The molecule has 140 valence electrons. The lowest BCUT2D eigenvalue weighted by atomic mass is 9.94. The summed E-state index contributed by atoms with van der Waals surface area (Å²) in [5.41, 5.74) is -1.29. The van der Waals surface area contributed by atoms with Crippen molar-refractivity contribution in [3.8, 4) is 5.75 Å². The number of nitrogens with zero attached hydrogens (tertiary/aromatic N) is 2. The van der Waals surface area contributed by atoms with E-state index in [2.05, 4.69) is 0 Å². The molecule has 26 heavy (non-hydrogen) atoms. The molecule has 0 saturated carbocycles. The van der Waals surface area contributed by atoms with E-state index in [0.717, 1.165) is 5.39 Å². The van der Waals surface area contributed by atoms with E-state index in [-0.39, 0.29) is 25.2 Å². The first kappa shape index (κ1) is 18.3. The van der Waals surface area contributed by atoms with Crippen LogP contribution in [-0.2, 0) is 11.3 Å². The maximum absolute atomic E-state index is 12.4. The van der Waals surface area contributed by atoms with Crippen molar-refractivity contribution in [2.24, 2.45) is 0 Å². The zero-order valence-electron chi connectivity index (χ0n) is 15.5. The number of aromatic nitrogens is 1. The van der Waals surface area contributed by atoms with Gasteiger partial charge in [-0.15, -0.1) is 0 Å². The zero-order chi connectivity index (χ0) is 19.1. The summed E-state index contributed by atoms with van der Waals surface area (Å²) in [7, 11) is 1.56. The van der Waals surface area contributed by atoms with Gasteiger partial charge in [0.2, 0.25) is 0 Å². The maximum atomic E-state index is 12.4. The summed E-state index contributed by atoms with van der Waals surface area (Å²) in [6.45, 7) is 5.71. The molecule has 2 aromatic rings. The normalized spacial score (nSPS) is 16.3. The monoisotopic (exact) mass is 360 g/mol. The van der Waals surface area contributed by atoms with E-state index in [0.29, 0.717) is 11.3 Å². The Balaban J connectivity index is 1.81. The van der Waals surface area contributed by atoms with Gasteiger partial charge in [-0.3, -0.25) is 4.79 Å². The number of amides is 1. The molecule has 1 fully saturated rings. The van der Waals surface area contributed by atoms with Gasteiger partial charge in [-0.05, 0) is 44.4 Å². The fourth-order valence-corrected chi connectivity index (χ4v) is 3.07. The molecule has 7 heteroatoms. The summed E-state index contributed by atoms with van der Waals surface area (Å²) in [6.07, 6.45) is -0.464. The number of hydrogen-bond acceptors (Lipinski definition) is 5. The minimum absolute atomic E-state index is 0.0929. The number of β-amino-alcohol motifs (C(OH)–C–C–N with tert-alkyl or cyclic N) is 1. The van der Waals surface area contributed by atoms with Crippen LogP contribution in [0.15, 0.2) is 35.1 Å². The second-order valence-corrected chi connectivity index (χ2v) is 7.74. The Morgan fingerprint density at radius 3 is 2.50 bits per heavy atom. The molecule has 1 aliphatic heterocycles. The van der Waals surface area contributed by atoms with Crippen LogP contribution in [0.25, 0.3) is 10.9 Å². The Morgan fingerprint density at radius 2 is 1.88 bits per heavy atom. The fourth-order valence-electron chi connectivity index (χ4n) is 3.07. The number of pyridine rings is 1. The van der Waals surface area contributed by atoms with Crippen LogP contribution >= 0.6 is 0 Å². The maximum Gasteiger partial charge on any atom is 0.410 e. The van der Waals surface area contributed by atoms with Gasteiger partial charge in [-0.25, -0.2) is 4.79 Å². The van der Waals surface area contributed by atoms with Crippen molar-refractivity contribution in [2.45, 2.75) is 38.5 Å². The third-order valence-electron chi connectivity index (χ3n) is 4.27. The molecule has 7 nitrogen and oxygen atoms in total. The highest BCUT2D eigenvalue weighted by atomic mass is 16.6. The number of ether oxygens (including phenoxy) is 2. The largest absolute Gasteiger partial charge is 0.497 e. The molecule has 0 aliphatic carbocycles. The predicted molar refractivity (Wildman–Crippen MR) is 97.5 cm³/mol. The van der Waals surface area contributed by atoms with Crippen molar-refractivity contribution < 1.29 is 19.4 Å². The Kier molecular flexibility index (Phi) is 4.44. The topological polar surface area (TPSA) is 81.0 Å². The zero-order valence-corrected chi connectivity index (χ0v) is 15.5. The number of fused-ring (bicyclic) bond motifs is 1. The van der Waals surface area contributed by atoms with Gasteiger partial charge in [0.05, 0.1) is 32.3 Å². The van der Waals surface area contributed by atoms with Crippen molar-refractivity contribution in [3.05, 3.63) is 40.7 Å². The molecule has 1 N–H and O–H groups in total. The molecule has 0 bridgehead atoms. The van der Waals surface area contributed by atoms with E-state index in [1.165, 1.54) is 15.5 Å². The third kappa shape index (κ3) is 3.67. The summed E-state index contributed by atoms with van der Waals surface area (Å²) in [4.78, 5) is 25.8. The quantitative estimate of drug-likeness (QED) is 0.905. The first-order chi connectivity index (χ1) is 12.1. The molecule has 1 amide bonds. The number of rotatable bonds is 3. The molecular weight excluding hydrogens is 336 g/mol. The summed E-state index contributed by atoms with van der Waals surface area (Å²) < 4.78 is 12.1. The van der Waals surface area contributed by atoms with Gasteiger partial charge in [0.25, 0.3) is 5.56 Å². The van der Waals surface area contributed by atoms with Crippen LogP contribution in [0, 0.1) is 0 Å². The summed E-state index contributed by atoms with van der Waals surface area (Å²) in [6, 6.07) is 8.67. The van der Waals surface area contributed by atoms with Crippen LogP contribution in [0.2, 0.25) is 0 Å². The lowest BCUT2D eigenvalue weighted by Gasteiger charge is -2.46. The minimum Gasteiger partial charge on any atom is -0.497 e. The van der Waals surface area contributed by atoms with Crippen LogP contribution in [-0.4, -0.2) is 52.1 Å². The Labute approximate surface area is 151 Å². The number of aliphatic hydroxyl groups is 1. The van der Waals surface area contributed by atoms with Crippen LogP contribution in [0.5, 0.6) is 5.75 Å². The molecule has 1 saturated heterocycles. The lowest BCUT2D eigenvalue weighted by Crippen LogP contribution is -2.66. The molecular formula is C19H24N2O5. The van der Waals surface area contributed by atoms with Gasteiger partial charge >= 0.3 is 6.09 Å². The van der Waals surface area contributed by atoms with Gasteiger partial charge < -0.3 is 24.0 Å². The fraction of sp³-hybridized carbons (Fsp3) is 0.474. The minimum atomic E-state index is -1.17. The molecule has 2 heterocycles. The molecule has 0 atom stereocenters. The average molecular weight is 360 g/mol. The highest BCUT2D eigenvalue weighted by Crippen LogP contribution is 2.27. The number of methoxy groups -OCH3 is 1. The molecule has 1 aliphatic rings. The van der Waals surface area contributed by atoms with E-state index < -0.39 is 17.3 Å². The molecule has 3 rings (SSSR count). The van der Waals surface area contributed by atoms with E-state index in [1.54, 1.807) is 40.0 Å². The Hall–Kier alpha value is -2.54. The first-order valence-corrected chi connectivity index (χ1v) is 8.48. The number of carbonyl (C=O) groups excluding carboxylic acids is 1. The Morgan fingerprint density at radius 1 is 1.23 bits per heavy atom. The number of hydrogen-bond donors (Lipinski definition) is 1. The summed E-state index contributed by atoms with van der Waals surface area (Å²) >= 11 is 0. The van der Waals surface area contributed by atoms with Crippen molar-refractivity contribution in [2.75, 3.05) is 20.2 Å². The third-order valence-corrected chi connectivity index (χ3v) is 4.27. The van der Waals surface area contributed by atoms with E-state index in [1.807, 2.05) is 12.1 Å². The summed E-state index contributed by atoms with van der Waals surface area (Å²) in [5, 5.41) is 11.6. The lowest BCUT2D eigenvalue weighted by molar-refractivity contribution is -0.106. The molecule has 0 radical (unpaired) electrons. The van der Waals surface area contributed by atoms with E-state index in [4.69, 9.17) is 9.47 Å². The molecule has 0 spiro atoms. The van der Waals surface area contributed by atoms with Gasteiger partial charge in [-0.1, -0.05) is 0 Å². The van der Waals surface area contributed by atoms with Crippen molar-refractivity contribution in [3.63, 3.8) is 0 Å². The standard InChI is InChI=1S/C19H24N2O5/c1-18(2,3)26-17(23)20-10-19(24,11-20)12-21-15-9-14(25-4)7-5-13(15)6-8-16(21)22/h5-9,24H,10-12H2,1-4H3. The van der Waals surface area contributed by atoms with E-state index in [9.17, 15) is 14.7 Å². The molecule has 1 aromatic carbocycles. The number of likely N-dealkylation sites (tertiary alicyclic amines) is 1. The van der Waals surface area contributed by atoms with Crippen LogP contribution in [0.4, 0.5) is 4.79 Å². The summed E-state index contributed by atoms with van der Waals surface area (Å²) in [5.74, 6) is 0.632. The van der Waals surface area contributed by atoms with Crippen molar-refractivity contribution in [1.29, 1.82) is 0 Å². The van der Waals surface area contributed by atoms with Gasteiger partial charge in [0.15, 0.2) is 0 Å². The highest BCUT2D eigenvalue weighted by molar-refractivity contribution is 5.80. The molecule has 1 aromatic heterocycles. The first-order valence-electron chi connectivity index (χ1n) is 8.48. The molecule has 0 unspecified atom stereocenters. The second-order valence-electron chi connectivity index (χ2n) is 7.74. The second kappa shape index (κ2) is 6.32. The highest BCUT2D eigenvalue weighted by Gasteiger charge is 2.45. The van der Waals surface area contributed by atoms with Crippen LogP contribution in [0.1, 0.15) is 20.8 Å². The smallest absolute Gasteiger partial charge is 0.410 e. The van der Waals surface area contributed by atoms with Crippen LogP contribution in [0.3, 0.4) is 0 Å². The number of benzene rings is 1. The van der Waals surface area contributed by atoms with Crippen molar-refractivity contribution >= 4 is 17.0 Å². The van der Waals surface area contributed by atoms with Gasteiger partial charge in [-0.2, -0.15) is 0 Å². The average Bonchev–Trinajstić information content (AvgIpc) is 2.53. The predicted octanol–water partition coefficient (Wildman–Crippen LogP) is 1.99. The Bertz CT molecular complexity index is 891. The van der Waals surface area contributed by atoms with Crippen molar-refractivity contribution in [1.82, 2.24) is 9.47 Å². The van der Waals surface area contributed by atoms with Gasteiger partial charge in [0, 0.05) is 12.1 Å². The SMILES string of the molecule is COc1ccc2ccc(=O)n(CC3(O)CN(C(=O)OC(C)(C)C)C3)c2c1. The van der Waals surface area contributed by atoms with Gasteiger partial charge in [0.1, 0.15) is 17.0 Å². The number of carbonyl (C=O) groups is 1. The van der Waals surface area contributed by atoms with Crippen LogP contribution < -0.4 is 10.3 Å². The van der Waals surface area contributed by atoms with E-state index >= 15 is 0 Å².